The molecule has 1 saturated heterocycles. The van der Waals surface area contributed by atoms with Crippen molar-refractivity contribution in [1.82, 2.24) is 10.2 Å². The van der Waals surface area contributed by atoms with E-state index in [1.54, 1.807) is 0 Å². The lowest BCUT2D eigenvalue weighted by molar-refractivity contribution is 0.0910. The number of sulfonamides is 1. The van der Waals surface area contributed by atoms with Crippen LogP contribution in [0.15, 0.2) is 47.4 Å². The number of fused-ring (bicyclic) bond motifs is 1. The molecule has 2 aromatic rings. The molecule has 2 aliphatic heterocycles. The Balaban J connectivity index is 1.50. The summed E-state index contributed by atoms with van der Waals surface area (Å²) in [6.07, 6.45) is 5.75. The number of rotatable bonds is 7. The van der Waals surface area contributed by atoms with Crippen molar-refractivity contribution in [2.24, 2.45) is 0 Å². The molecule has 0 unspecified atom stereocenters. The number of benzene rings is 2. The number of para-hydroxylation sites is 1. The number of piperidine rings is 1. The van der Waals surface area contributed by atoms with E-state index in [0.29, 0.717) is 12.2 Å². The Kier molecular flexibility index (Phi) is 7.62. The third-order valence-electron chi connectivity index (χ3n) is 6.59. The van der Waals surface area contributed by atoms with Gasteiger partial charge >= 0.3 is 0 Å². The van der Waals surface area contributed by atoms with Gasteiger partial charge in [-0.3, -0.25) is 9.10 Å². The molecule has 0 aliphatic carbocycles. The Bertz CT molecular complexity index is 1100. The molecule has 2 heterocycles. The summed E-state index contributed by atoms with van der Waals surface area (Å²) in [5.74, 6) is -0.317. The Hall–Kier alpha value is -2.09. The summed E-state index contributed by atoms with van der Waals surface area (Å²) in [4.78, 5) is 15.5. The molecule has 8 heteroatoms. The van der Waals surface area contributed by atoms with Gasteiger partial charge in [-0.2, -0.15) is 0 Å². The molecule has 0 radical (unpaired) electrons. The predicted molar refractivity (Wildman–Crippen MR) is 133 cm³/mol. The van der Waals surface area contributed by atoms with Gasteiger partial charge in [0.25, 0.3) is 15.9 Å². The smallest absolute Gasteiger partial charge is 0.264 e. The van der Waals surface area contributed by atoms with Crippen LogP contribution in [0, 0.1) is 0 Å². The summed E-state index contributed by atoms with van der Waals surface area (Å²) < 4.78 is 28.4. The largest absolute Gasteiger partial charge is 0.349 e. The van der Waals surface area contributed by atoms with Crippen molar-refractivity contribution in [3.8, 4) is 0 Å². The molecule has 6 nitrogen and oxygen atoms in total. The van der Waals surface area contributed by atoms with Gasteiger partial charge < -0.3 is 10.2 Å². The number of hydrogen-bond donors (Lipinski definition) is 1. The number of carbonyl (C=O) groups is 1. The number of aryl methyl sites for hydroxylation is 1. The topological polar surface area (TPSA) is 69.7 Å². The van der Waals surface area contributed by atoms with Gasteiger partial charge in [0.2, 0.25) is 0 Å². The SMILES string of the molecule is CCCCN1CCC(NC(=O)c2cc(S(=O)(=O)N3CCCc4ccccc43)ccc2Cl)CC1. The number of unbranched alkanes of at least 4 members (excludes halogenated alkanes) is 1. The maximum Gasteiger partial charge on any atom is 0.264 e. The van der Waals surface area contributed by atoms with E-state index in [9.17, 15) is 13.2 Å². The number of carbonyl (C=O) groups excluding carboxylic acids is 1. The summed E-state index contributed by atoms with van der Waals surface area (Å²) in [6, 6.07) is 12.0. The number of nitrogens with zero attached hydrogens (tertiary/aromatic N) is 2. The predicted octanol–water partition coefficient (Wildman–Crippen LogP) is 4.48. The molecule has 1 N–H and O–H groups in total. The zero-order valence-electron chi connectivity index (χ0n) is 19.1. The molecule has 0 aromatic heterocycles. The van der Waals surface area contributed by atoms with E-state index < -0.39 is 10.0 Å². The maximum absolute atomic E-state index is 13.5. The van der Waals surface area contributed by atoms with E-state index in [1.807, 2.05) is 24.3 Å². The van der Waals surface area contributed by atoms with Crippen LogP contribution in [0.25, 0.3) is 0 Å². The first-order valence-corrected chi connectivity index (χ1v) is 13.7. The third kappa shape index (κ3) is 5.36. The Morgan fingerprint density at radius 3 is 2.64 bits per heavy atom. The number of likely N-dealkylation sites (tertiary alicyclic amines) is 1. The van der Waals surface area contributed by atoms with Gasteiger partial charge in [-0.05, 0) is 68.5 Å². The fourth-order valence-corrected chi connectivity index (χ4v) is 6.43. The molecular weight excluding hydrogens is 458 g/mol. The van der Waals surface area contributed by atoms with Crippen LogP contribution in [0.2, 0.25) is 5.02 Å². The fraction of sp³-hybridized carbons (Fsp3) is 0.480. The Morgan fingerprint density at radius 2 is 1.88 bits per heavy atom. The van der Waals surface area contributed by atoms with E-state index in [1.165, 1.54) is 35.3 Å². The molecule has 2 aliphatic rings. The number of hydrogen-bond acceptors (Lipinski definition) is 4. The normalized spacial score (nSPS) is 17.6. The van der Waals surface area contributed by atoms with Gasteiger partial charge in [0.05, 0.1) is 21.2 Å². The van der Waals surface area contributed by atoms with Crippen molar-refractivity contribution < 1.29 is 13.2 Å². The van der Waals surface area contributed by atoms with Crippen molar-refractivity contribution in [3.05, 3.63) is 58.6 Å². The van der Waals surface area contributed by atoms with Crippen molar-refractivity contribution >= 4 is 33.2 Å². The highest BCUT2D eigenvalue weighted by atomic mass is 35.5. The van der Waals surface area contributed by atoms with E-state index in [-0.39, 0.29) is 27.4 Å². The molecule has 0 bridgehead atoms. The van der Waals surface area contributed by atoms with Crippen LogP contribution in [0.3, 0.4) is 0 Å². The summed E-state index contributed by atoms with van der Waals surface area (Å²) in [5, 5.41) is 3.32. The van der Waals surface area contributed by atoms with Gasteiger partial charge in [0, 0.05) is 25.7 Å². The number of amides is 1. The molecular formula is C25H32ClN3O3S. The minimum atomic E-state index is -3.81. The summed E-state index contributed by atoms with van der Waals surface area (Å²) in [5.41, 5.74) is 1.93. The highest BCUT2D eigenvalue weighted by Gasteiger charge is 2.30. The van der Waals surface area contributed by atoms with Gasteiger partial charge in [-0.25, -0.2) is 8.42 Å². The van der Waals surface area contributed by atoms with Crippen molar-refractivity contribution in [3.63, 3.8) is 0 Å². The maximum atomic E-state index is 13.5. The van der Waals surface area contributed by atoms with Crippen LogP contribution in [0.1, 0.15) is 54.9 Å². The van der Waals surface area contributed by atoms with E-state index >= 15 is 0 Å². The summed E-state index contributed by atoms with van der Waals surface area (Å²) in [7, 11) is -3.81. The quantitative estimate of drug-likeness (QED) is 0.622. The molecule has 0 spiro atoms. The van der Waals surface area contributed by atoms with E-state index in [4.69, 9.17) is 11.6 Å². The first-order valence-electron chi connectivity index (χ1n) is 11.8. The van der Waals surface area contributed by atoms with Crippen molar-refractivity contribution in [1.29, 1.82) is 0 Å². The lowest BCUT2D eigenvalue weighted by Crippen LogP contribution is -2.45. The van der Waals surface area contributed by atoms with Crippen molar-refractivity contribution in [2.45, 2.75) is 56.4 Å². The van der Waals surface area contributed by atoms with Gasteiger partial charge in [0.15, 0.2) is 0 Å². The monoisotopic (exact) mass is 489 g/mol. The Morgan fingerprint density at radius 1 is 1.12 bits per heavy atom. The van der Waals surface area contributed by atoms with Gasteiger partial charge in [-0.15, -0.1) is 0 Å². The minimum absolute atomic E-state index is 0.0701. The molecule has 2 aromatic carbocycles. The first kappa shape index (κ1) is 24.0. The molecule has 1 amide bonds. The molecule has 0 saturated carbocycles. The van der Waals surface area contributed by atoms with Crippen LogP contribution in [0.4, 0.5) is 5.69 Å². The molecule has 1 fully saturated rings. The second-order valence-corrected chi connectivity index (χ2v) is 11.2. The average molecular weight is 490 g/mol. The number of halogens is 1. The van der Waals surface area contributed by atoms with Gasteiger partial charge in [-0.1, -0.05) is 43.1 Å². The number of nitrogens with one attached hydrogen (secondary N) is 1. The lowest BCUT2D eigenvalue weighted by Gasteiger charge is -2.32. The first-order chi connectivity index (χ1) is 15.9. The summed E-state index contributed by atoms with van der Waals surface area (Å²) >= 11 is 6.33. The van der Waals surface area contributed by atoms with Crippen LogP contribution >= 0.6 is 11.6 Å². The van der Waals surface area contributed by atoms with Crippen molar-refractivity contribution in [2.75, 3.05) is 30.5 Å². The standard InChI is InChI=1S/C25H32ClN3O3S/c1-2-3-14-28-16-12-20(13-17-28)27-25(30)22-18-21(10-11-23(22)26)33(31,32)29-15-6-8-19-7-4-5-9-24(19)29/h4-5,7,9-11,18,20H,2-3,6,8,12-17H2,1H3,(H,27,30). The minimum Gasteiger partial charge on any atom is -0.349 e. The third-order valence-corrected chi connectivity index (χ3v) is 8.73. The zero-order valence-corrected chi connectivity index (χ0v) is 20.7. The molecule has 178 valence electrons. The fourth-order valence-electron chi connectivity index (χ4n) is 4.66. The highest BCUT2D eigenvalue weighted by molar-refractivity contribution is 7.92. The number of anilines is 1. The Labute approximate surface area is 202 Å². The van der Waals surface area contributed by atoms with Crippen LogP contribution in [0.5, 0.6) is 0 Å². The lowest BCUT2D eigenvalue weighted by atomic mass is 10.0. The second-order valence-electron chi connectivity index (χ2n) is 8.89. The molecule has 33 heavy (non-hydrogen) atoms. The summed E-state index contributed by atoms with van der Waals surface area (Å²) in [6.45, 7) is 5.63. The highest BCUT2D eigenvalue weighted by Crippen LogP contribution is 2.33. The van der Waals surface area contributed by atoms with Crippen LogP contribution in [-0.2, 0) is 16.4 Å². The second kappa shape index (κ2) is 10.5. The average Bonchev–Trinajstić information content (AvgIpc) is 2.83. The van der Waals surface area contributed by atoms with Crippen LogP contribution < -0.4 is 9.62 Å². The van der Waals surface area contributed by atoms with E-state index in [0.717, 1.165) is 50.9 Å². The van der Waals surface area contributed by atoms with Gasteiger partial charge in [0.1, 0.15) is 0 Å². The van der Waals surface area contributed by atoms with Crippen LogP contribution in [-0.4, -0.2) is 51.4 Å². The molecule has 4 rings (SSSR count). The molecule has 0 atom stereocenters. The van der Waals surface area contributed by atoms with E-state index in [2.05, 4.69) is 17.1 Å². The zero-order chi connectivity index (χ0) is 23.4.